The van der Waals surface area contributed by atoms with Crippen LogP contribution in [0.15, 0.2) is 51.8 Å². The van der Waals surface area contributed by atoms with Gasteiger partial charge in [0.05, 0.1) is 10.5 Å². The molecule has 2 N–H and O–H groups in total. The van der Waals surface area contributed by atoms with E-state index in [2.05, 4.69) is 9.71 Å². The zero-order chi connectivity index (χ0) is 17.5. The molecule has 0 unspecified atom stereocenters. The highest BCUT2D eigenvalue weighted by molar-refractivity contribution is 7.90. The number of carboxylic acids is 1. The van der Waals surface area contributed by atoms with Crippen LogP contribution in [0.25, 0.3) is 0 Å². The minimum Gasteiger partial charge on any atom is -0.478 e. The lowest BCUT2D eigenvalue weighted by Gasteiger charge is -2.06. The van der Waals surface area contributed by atoms with Crippen LogP contribution in [0.2, 0.25) is 0 Å². The van der Waals surface area contributed by atoms with Gasteiger partial charge in [-0.2, -0.15) is 8.42 Å². The average Bonchev–Trinajstić information content (AvgIpc) is 2.78. The summed E-state index contributed by atoms with van der Waals surface area (Å²) in [6, 6.07) is 9.07. The average molecular weight is 347 g/mol. The lowest BCUT2D eigenvalue weighted by atomic mass is 10.1. The molecule has 3 rings (SSSR count). The van der Waals surface area contributed by atoms with Crippen LogP contribution in [-0.4, -0.2) is 30.3 Å². The highest BCUT2D eigenvalue weighted by Gasteiger charge is 2.31. The first-order valence-corrected chi connectivity index (χ1v) is 7.96. The van der Waals surface area contributed by atoms with E-state index in [1.165, 1.54) is 36.4 Å². The number of non-ortho nitro benzene ring substituents is 1. The molecule has 0 fully saturated rings. The van der Waals surface area contributed by atoms with Crippen molar-refractivity contribution in [2.45, 2.75) is 4.90 Å². The molecular formula is C14H9N3O6S. The number of hydrogen-bond acceptors (Lipinski definition) is 6. The molecule has 1 aliphatic rings. The lowest BCUT2D eigenvalue weighted by Crippen LogP contribution is -2.11. The summed E-state index contributed by atoms with van der Waals surface area (Å²) in [5.41, 5.74) is 0.375. The number of nitrogens with one attached hydrogen (secondary N) is 1. The molecule has 0 saturated carbocycles. The number of anilines is 1. The largest absolute Gasteiger partial charge is 0.478 e. The Morgan fingerprint density at radius 1 is 1.17 bits per heavy atom. The fraction of sp³-hybridized carbons (Fsp3) is 0. The molecule has 9 nitrogen and oxygen atoms in total. The zero-order valence-electron chi connectivity index (χ0n) is 11.8. The zero-order valence-corrected chi connectivity index (χ0v) is 12.6. The molecule has 1 heterocycles. The van der Waals surface area contributed by atoms with Crippen LogP contribution < -0.4 is 5.32 Å². The van der Waals surface area contributed by atoms with Gasteiger partial charge in [0, 0.05) is 23.4 Å². The Balaban J connectivity index is 1.97. The van der Waals surface area contributed by atoms with E-state index in [-0.39, 0.29) is 27.5 Å². The third-order valence-corrected chi connectivity index (χ3v) is 4.63. The van der Waals surface area contributed by atoms with Gasteiger partial charge < -0.3 is 10.4 Å². The molecule has 24 heavy (non-hydrogen) atoms. The van der Waals surface area contributed by atoms with Crippen molar-refractivity contribution < 1.29 is 23.2 Å². The first-order chi connectivity index (χ1) is 11.3. The SMILES string of the molecule is O=C(O)c1ccc(NC2=NS(=O)(=O)c3cc([N+](=O)[O-])ccc32)cc1. The summed E-state index contributed by atoms with van der Waals surface area (Å²) in [5.74, 6) is -1.07. The van der Waals surface area contributed by atoms with E-state index in [0.29, 0.717) is 5.69 Å². The summed E-state index contributed by atoms with van der Waals surface area (Å²) in [6.45, 7) is 0. The van der Waals surface area contributed by atoms with Crippen LogP contribution in [-0.2, 0) is 10.0 Å². The van der Waals surface area contributed by atoms with Gasteiger partial charge in [-0.3, -0.25) is 10.1 Å². The second kappa shape index (κ2) is 5.42. The summed E-state index contributed by atoms with van der Waals surface area (Å²) in [5, 5.41) is 22.4. The van der Waals surface area contributed by atoms with Crippen LogP contribution in [0.5, 0.6) is 0 Å². The monoisotopic (exact) mass is 347 g/mol. The summed E-state index contributed by atoms with van der Waals surface area (Å²) >= 11 is 0. The molecule has 0 amide bonds. The van der Waals surface area contributed by atoms with Crippen molar-refractivity contribution in [3.8, 4) is 0 Å². The van der Waals surface area contributed by atoms with E-state index in [1.807, 2.05) is 0 Å². The van der Waals surface area contributed by atoms with Gasteiger partial charge in [-0.1, -0.05) is 0 Å². The summed E-state index contributed by atoms with van der Waals surface area (Å²) < 4.78 is 27.7. The number of sulfonamides is 1. The molecule has 0 saturated heterocycles. The molecule has 0 bridgehead atoms. The standard InChI is InChI=1S/C14H9N3O6S/c18-14(19)8-1-3-9(4-2-8)15-13-11-6-5-10(17(20)21)7-12(11)24(22,23)16-13/h1-7H,(H,15,16)(H,18,19). The van der Waals surface area contributed by atoms with Gasteiger partial charge in [0.1, 0.15) is 4.90 Å². The van der Waals surface area contributed by atoms with E-state index in [9.17, 15) is 23.3 Å². The fourth-order valence-electron chi connectivity index (χ4n) is 2.18. The van der Waals surface area contributed by atoms with Crippen molar-refractivity contribution in [3.63, 3.8) is 0 Å². The van der Waals surface area contributed by atoms with Crippen LogP contribution >= 0.6 is 0 Å². The Morgan fingerprint density at radius 3 is 2.42 bits per heavy atom. The Labute approximate surface area is 135 Å². The maximum Gasteiger partial charge on any atom is 0.335 e. The van der Waals surface area contributed by atoms with Crippen molar-refractivity contribution >= 4 is 33.2 Å². The normalized spacial score (nSPS) is 14.6. The molecule has 2 aromatic rings. The van der Waals surface area contributed by atoms with Crippen LogP contribution in [0, 0.1) is 10.1 Å². The van der Waals surface area contributed by atoms with Gasteiger partial charge in [-0.05, 0) is 30.3 Å². The Hall–Kier alpha value is -3.27. The minimum absolute atomic E-state index is 0.0166. The molecular weight excluding hydrogens is 338 g/mol. The van der Waals surface area contributed by atoms with E-state index in [4.69, 9.17) is 5.11 Å². The summed E-state index contributed by atoms with van der Waals surface area (Å²) in [7, 11) is -4.03. The van der Waals surface area contributed by atoms with Crippen LogP contribution in [0.3, 0.4) is 0 Å². The predicted octanol–water partition coefficient (Wildman–Crippen LogP) is 1.85. The number of carboxylic acid groups (broad SMARTS) is 1. The number of fused-ring (bicyclic) bond motifs is 1. The minimum atomic E-state index is -4.03. The Morgan fingerprint density at radius 2 is 1.83 bits per heavy atom. The predicted molar refractivity (Wildman–Crippen MR) is 83.8 cm³/mol. The second-order valence-corrected chi connectivity index (χ2v) is 6.43. The molecule has 1 aliphatic heterocycles. The Bertz CT molecular complexity index is 996. The maximum absolute atomic E-state index is 12.0. The van der Waals surface area contributed by atoms with Gasteiger partial charge in [0.25, 0.3) is 15.7 Å². The third-order valence-electron chi connectivity index (χ3n) is 3.32. The number of rotatable bonds is 3. The number of nitro groups is 1. The number of carbonyl (C=O) groups is 1. The summed E-state index contributed by atoms with van der Waals surface area (Å²) in [4.78, 5) is 20.7. The van der Waals surface area contributed by atoms with E-state index in [0.717, 1.165) is 6.07 Å². The molecule has 0 radical (unpaired) electrons. The fourth-order valence-corrected chi connectivity index (χ4v) is 3.37. The molecule has 0 aliphatic carbocycles. The maximum atomic E-state index is 12.0. The quantitative estimate of drug-likeness (QED) is 0.638. The number of hydrogen-bond donors (Lipinski definition) is 2. The topological polar surface area (TPSA) is 139 Å². The summed E-state index contributed by atoms with van der Waals surface area (Å²) in [6.07, 6.45) is 0. The molecule has 122 valence electrons. The second-order valence-electron chi connectivity index (χ2n) is 4.86. The van der Waals surface area contributed by atoms with Gasteiger partial charge in [-0.15, -0.1) is 4.40 Å². The molecule has 2 aromatic carbocycles. The number of nitro benzene ring substituents is 1. The van der Waals surface area contributed by atoms with Crippen LogP contribution in [0.4, 0.5) is 11.4 Å². The molecule has 0 spiro atoms. The van der Waals surface area contributed by atoms with Crippen molar-refractivity contribution in [1.82, 2.24) is 0 Å². The first kappa shape index (κ1) is 15.6. The van der Waals surface area contributed by atoms with Crippen molar-refractivity contribution in [3.05, 3.63) is 63.7 Å². The van der Waals surface area contributed by atoms with Crippen molar-refractivity contribution in [2.75, 3.05) is 5.32 Å². The number of nitrogens with zero attached hydrogens (tertiary/aromatic N) is 2. The highest BCUT2D eigenvalue weighted by Crippen LogP contribution is 2.30. The first-order valence-electron chi connectivity index (χ1n) is 6.52. The van der Waals surface area contributed by atoms with E-state index < -0.39 is 20.9 Å². The number of amidine groups is 1. The smallest absolute Gasteiger partial charge is 0.335 e. The van der Waals surface area contributed by atoms with Crippen molar-refractivity contribution in [1.29, 1.82) is 0 Å². The lowest BCUT2D eigenvalue weighted by molar-refractivity contribution is -0.385. The van der Waals surface area contributed by atoms with Gasteiger partial charge in [0.2, 0.25) is 0 Å². The van der Waals surface area contributed by atoms with Gasteiger partial charge in [-0.25, -0.2) is 4.79 Å². The van der Waals surface area contributed by atoms with E-state index >= 15 is 0 Å². The van der Waals surface area contributed by atoms with Gasteiger partial charge in [0.15, 0.2) is 5.84 Å². The third kappa shape index (κ3) is 2.70. The van der Waals surface area contributed by atoms with Gasteiger partial charge >= 0.3 is 5.97 Å². The molecule has 0 atom stereocenters. The van der Waals surface area contributed by atoms with Crippen molar-refractivity contribution in [2.24, 2.45) is 4.40 Å². The van der Waals surface area contributed by atoms with Crippen LogP contribution in [0.1, 0.15) is 15.9 Å². The molecule has 10 heteroatoms. The molecule has 0 aromatic heterocycles. The number of aromatic carboxylic acids is 1. The number of benzene rings is 2. The Kier molecular flexibility index (Phi) is 3.53. The highest BCUT2D eigenvalue weighted by atomic mass is 32.2. The van der Waals surface area contributed by atoms with E-state index in [1.54, 1.807) is 0 Å².